The fraction of sp³-hybridized carbons (Fsp3) is 0.561. The molecule has 0 N–H and O–H groups in total. The van der Waals surface area contributed by atoms with E-state index >= 15 is 0 Å². The summed E-state index contributed by atoms with van der Waals surface area (Å²) in [5.74, 6) is -7.41. The monoisotopic (exact) mass is 1260 g/mol. The summed E-state index contributed by atoms with van der Waals surface area (Å²) in [5.41, 5.74) is 3.34. The van der Waals surface area contributed by atoms with Gasteiger partial charge in [-0.15, -0.1) is 0 Å². The van der Waals surface area contributed by atoms with E-state index in [0.717, 1.165) is 30.0 Å². The smallest absolute Gasteiger partial charge is 0.299 e. The number of alkyl halides is 7. The first-order chi connectivity index (χ1) is 39.3. The van der Waals surface area contributed by atoms with Crippen LogP contribution < -0.4 is 0 Å². The number of hydrogen-bond donors (Lipinski definition) is 0. The molecule has 484 valence electrons. The number of ketones is 4. The van der Waals surface area contributed by atoms with Crippen LogP contribution in [0.5, 0.6) is 0 Å². The van der Waals surface area contributed by atoms with Gasteiger partial charge in [0.15, 0.2) is 19.7 Å². The molecule has 1 aliphatic rings. The lowest BCUT2D eigenvalue weighted by Gasteiger charge is -2.19. The topological polar surface area (TPSA) is 160 Å². The Morgan fingerprint density at radius 1 is 0.605 bits per heavy atom. The quantitative estimate of drug-likeness (QED) is 0.0832. The van der Waals surface area contributed by atoms with Crippen molar-refractivity contribution in [1.82, 2.24) is 0 Å². The van der Waals surface area contributed by atoms with Crippen LogP contribution in [0.25, 0.3) is 0 Å². The molecule has 9 nitrogen and oxygen atoms in total. The van der Waals surface area contributed by atoms with E-state index in [0.29, 0.717) is 29.2 Å². The molecular formula is C66H92F9NO8S2. The van der Waals surface area contributed by atoms with Crippen LogP contribution in [0.1, 0.15) is 165 Å². The summed E-state index contributed by atoms with van der Waals surface area (Å²) in [6.45, 7) is 27.0. The largest absolute Gasteiger partial charge is 0.390 e. The van der Waals surface area contributed by atoms with Gasteiger partial charge < -0.3 is 0 Å². The zero-order chi connectivity index (χ0) is 67.1. The number of hydrogen-bond acceptors (Lipinski definition) is 9. The summed E-state index contributed by atoms with van der Waals surface area (Å²) in [4.78, 5) is 45.4. The first-order valence-electron chi connectivity index (χ1n) is 28.7. The zero-order valence-electron chi connectivity index (χ0n) is 52.8. The molecule has 1 saturated carbocycles. The van der Waals surface area contributed by atoms with Crippen LogP contribution in [0.4, 0.5) is 39.5 Å². The van der Waals surface area contributed by atoms with Gasteiger partial charge in [-0.2, -0.15) is 18.4 Å². The Morgan fingerprint density at radius 2 is 1.07 bits per heavy atom. The normalized spacial score (nSPS) is 14.1. The van der Waals surface area contributed by atoms with Crippen molar-refractivity contribution in [3.63, 3.8) is 0 Å². The van der Waals surface area contributed by atoms with Crippen molar-refractivity contribution in [2.45, 2.75) is 196 Å². The van der Waals surface area contributed by atoms with Gasteiger partial charge >= 0.3 is 6.18 Å². The lowest BCUT2D eigenvalue weighted by atomic mass is 9.94. The molecule has 1 fully saturated rings. The Hall–Kier alpha value is -5.68. The molecular weight excluding hydrogens is 1170 g/mol. The molecule has 0 saturated heterocycles. The molecule has 0 radical (unpaired) electrons. The Kier molecular flexibility index (Phi) is 37.6. The molecule has 86 heavy (non-hydrogen) atoms. The number of carbonyl (C=O) groups is 4. The zero-order valence-corrected chi connectivity index (χ0v) is 54.4. The molecule has 0 heterocycles. The molecule has 0 spiro atoms. The molecule has 2 unspecified atom stereocenters. The van der Waals surface area contributed by atoms with Crippen LogP contribution in [-0.2, 0) is 58.1 Å². The van der Waals surface area contributed by atoms with Crippen LogP contribution in [0.15, 0.2) is 108 Å². The third kappa shape index (κ3) is 35.8. The minimum absolute atomic E-state index is 0.00725. The Bertz CT molecular complexity index is 2910. The van der Waals surface area contributed by atoms with Crippen molar-refractivity contribution in [3.05, 3.63) is 137 Å². The van der Waals surface area contributed by atoms with Gasteiger partial charge in [-0.3, -0.25) is 19.2 Å². The number of halogens is 9. The van der Waals surface area contributed by atoms with E-state index < -0.39 is 61.0 Å². The van der Waals surface area contributed by atoms with E-state index in [2.05, 4.69) is 19.9 Å². The fourth-order valence-corrected chi connectivity index (χ4v) is 9.11. The Labute approximate surface area is 507 Å². The summed E-state index contributed by atoms with van der Waals surface area (Å²) >= 11 is 0. The lowest BCUT2D eigenvalue weighted by molar-refractivity contribution is -0.130. The SMILES string of the molecule is CC(C)C(=O)C1CCC(F)(F)C1.CC(C)C(=O)CC(C)C(C)(F)F.CC(C)C(=O)Cc1ccc(F)cc1.CC(C)C(=O)Cc1ccccc1F.CC(C)Cc1ccccc1C#N.CC(C)S(=O)(=O)CCC(F)(F)F.CC(C)S(=O)(=O)c1ccccc1. The third-order valence-corrected chi connectivity index (χ3v) is 17.5. The van der Waals surface area contributed by atoms with Crippen molar-refractivity contribution in [2.75, 3.05) is 5.75 Å². The average molecular weight is 1260 g/mol. The molecule has 1 aliphatic carbocycles. The van der Waals surface area contributed by atoms with Gasteiger partial charge in [0.25, 0.3) is 0 Å². The molecule has 20 heteroatoms. The highest BCUT2D eigenvalue weighted by molar-refractivity contribution is 7.92. The van der Waals surface area contributed by atoms with E-state index in [1.807, 2.05) is 52.0 Å². The second kappa shape index (κ2) is 39.3. The van der Waals surface area contributed by atoms with Gasteiger partial charge in [-0.05, 0) is 106 Å². The van der Waals surface area contributed by atoms with Crippen LogP contribution in [0, 0.1) is 64.4 Å². The minimum atomic E-state index is -4.39. The maximum atomic E-state index is 13.1. The first kappa shape index (κ1) is 82.4. The summed E-state index contributed by atoms with van der Waals surface area (Å²) in [6, 6.07) is 30.9. The fourth-order valence-electron chi connectivity index (χ4n) is 7.05. The maximum absolute atomic E-state index is 13.1. The predicted octanol–water partition coefficient (Wildman–Crippen LogP) is 17.1. The number of nitrogens with zero attached hydrogens (tertiary/aromatic N) is 1. The number of rotatable bonds is 19. The molecule has 0 aromatic heterocycles. The van der Waals surface area contributed by atoms with Gasteiger partial charge in [0.2, 0.25) is 11.8 Å². The summed E-state index contributed by atoms with van der Waals surface area (Å²) in [6.07, 6.45) is -4.06. The van der Waals surface area contributed by atoms with Crippen LogP contribution in [-0.4, -0.2) is 74.2 Å². The van der Waals surface area contributed by atoms with E-state index in [4.69, 9.17) is 5.26 Å². The van der Waals surface area contributed by atoms with E-state index in [-0.39, 0.29) is 95.3 Å². The summed E-state index contributed by atoms with van der Waals surface area (Å²) in [5, 5.41) is 7.70. The third-order valence-electron chi connectivity index (χ3n) is 13.1. The number of benzene rings is 4. The van der Waals surface area contributed by atoms with Crippen molar-refractivity contribution in [1.29, 1.82) is 5.26 Å². The lowest BCUT2D eigenvalue weighted by Crippen LogP contribution is -2.25. The predicted molar refractivity (Wildman–Crippen MR) is 324 cm³/mol. The van der Waals surface area contributed by atoms with Crippen molar-refractivity contribution in [2.24, 2.45) is 41.4 Å². The summed E-state index contributed by atoms with van der Waals surface area (Å²) < 4.78 is 156. The minimum Gasteiger partial charge on any atom is -0.299 e. The average Bonchev–Trinajstić information content (AvgIpc) is 3.94. The van der Waals surface area contributed by atoms with Gasteiger partial charge in [0.1, 0.15) is 34.8 Å². The number of sulfone groups is 2. The second-order valence-corrected chi connectivity index (χ2v) is 28.6. The molecule has 4 aromatic carbocycles. The standard InChI is InChI=1S/2C11H13FO.C11H13N.C9H14F2O.C9H16F2O.C9H12O2S.C6H11F3O2S/c1-8(2)11(13)7-9-3-5-10(12)6-4-9;1-8(2)11(13)7-9-5-3-4-6-10(9)12;1-9(2)7-10-5-3-4-6-11(10)8-12;1-6(2)8(12)7-3-4-9(10,11)5-7;1-6(2)8(12)5-7(3)9(4,10)11;1-8(2)12(10,11)9-6-4-3-5-7-9;1-5(2)12(10,11)4-3-6(7,8)9/h2*3-6,8H,7H2,1-2H3;3-6,9H,7H2,1-2H3;6-7H,3-5H2,1-2H3;6-7H,5H2,1-4H3;3-8H,1-2H3;5H,3-4H2,1-2H3. The molecule has 5 rings (SSSR count). The Morgan fingerprint density at radius 3 is 1.47 bits per heavy atom. The Balaban J connectivity index is 0. The van der Waals surface area contributed by atoms with E-state index in [1.165, 1.54) is 39.0 Å². The van der Waals surface area contributed by atoms with Crippen molar-refractivity contribution >= 4 is 42.8 Å². The highest BCUT2D eigenvalue weighted by Crippen LogP contribution is 2.40. The van der Waals surface area contributed by atoms with Crippen LogP contribution in [0.2, 0.25) is 0 Å². The molecule has 2 atom stereocenters. The van der Waals surface area contributed by atoms with Crippen molar-refractivity contribution < 1.29 is 75.5 Å². The maximum Gasteiger partial charge on any atom is 0.390 e. The molecule has 0 bridgehead atoms. The van der Waals surface area contributed by atoms with Gasteiger partial charge in [-0.25, -0.2) is 43.2 Å². The van der Waals surface area contributed by atoms with Gasteiger partial charge in [0.05, 0.1) is 39.2 Å². The highest BCUT2D eigenvalue weighted by Gasteiger charge is 2.42. The molecule has 0 aliphatic heterocycles. The van der Waals surface area contributed by atoms with Crippen LogP contribution >= 0.6 is 0 Å². The second-order valence-electron chi connectivity index (χ2n) is 23.4. The number of nitriles is 1. The van der Waals surface area contributed by atoms with Crippen molar-refractivity contribution in [3.8, 4) is 6.07 Å². The summed E-state index contributed by atoms with van der Waals surface area (Å²) in [7, 11) is -6.63. The number of carbonyl (C=O) groups excluding carboxylic acids is 4. The molecule has 4 aromatic rings. The van der Waals surface area contributed by atoms with E-state index in [9.17, 15) is 75.5 Å². The number of Topliss-reactive ketones (excluding diaryl/α,β-unsaturated/α-hetero) is 4. The van der Waals surface area contributed by atoms with E-state index in [1.54, 1.807) is 102 Å². The van der Waals surface area contributed by atoms with Gasteiger partial charge in [-0.1, -0.05) is 143 Å². The van der Waals surface area contributed by atoms with Crippen LogP contribution in [0.3, 0.4) is 0 Å². The molecule has 0 amide bonds. The highest BCUT2D eigenvalue weighted by atomic mass is 32.2. The first-order valence-corrected chi connectivity index (χ1v) is 32.0. The van der Waals surface area contributed by atoms with Gasteiger partial charge in [0, 0.05) is 67.6 Å².